The zero-order valence-electron chi connectivity index (χ0n) is 11.9. The number of benzene rings is 2. The van der Waals surface area contributed by atoms with E-state index in [-0.39, 0.29) is 0 Å². The lowest BCUT2D eigenvalue weighted by Gasteiger charge is -2.07. The molecule has 1 nitrogen and oxygen atoms in total. The van der Waals surface area contributed by atoms with Gasteiger partial charge in [0.2, 0.25) is 0 Å². The van der Waals surface area contributed by atoms with Crippen LogP contribution in [0.1, 0.15) is 32.3 Å². The molecule has 0 radical (unpaired) electrons. The summed E-state index contributed by atoms with van der Waals surface area (Å²) in [7, 11) is 0. The van der Waals surface area contributed by atoms with Gasteiger partial charge in [-0.1, -0.05) is 61.9 Å². The van der Waals surface area contributed by atoms with Gasteiger partial charge in [-0.25, -0.2) is 0 Å². The molecule has 0 saturated carbocycles. The van der Waals surface area contributed by atoms with Gasteiger partial charge in [-0.15, -0.1) is 0 Å². The summed E-state index contributed by atoms with van der Waals surface area (Å²) >= 11 is 0. The fourth-order valence-electron chi connectivity index (χ4n) is 2.24. The molecular formula is C18H23N. The van der Waals surface area contributed by atoms with Crippen LogP contribution in [0.3, 0.4) is 0 Å². The van der Waals surface area contributed by atoms with E-state index in [1.54, 1.807) is 0 Å². The third-order valence-corrected chi connectivity index (χ3v) is 3.38. The molecule has 0 bridgehead atoms. The topological polar surface area (TPSA) is 12.0 Å². The first-order valence-electron chi connectivity index (χ1n) is 7.22. The van der Waals surface area contributed by atoms with Crippen LogP contribution in [-0.2, 0) is 0 Å². The monoisotopic (exact) mass is 253 g/mol. The van der Waals surface area contributed by atoms with E-state index in [0.29, 0.717) is 0 Å². The largest absolute Gasteiger partial charge is 0.313 e. The van der Waals surface area contributed by atoms with Gasteiger partial charge >= 0.3 is 0 Å². The van der Waals surface area contributed by atoms with Crippen molar-refractivity contribution in [2.45, 2.75) is 26.7 Å². The zero-order chi connectivity index (χ0) is 13.5. The Bertz CT molecular complexity index is 554. The molecule has 1 heteroatoms. The van der Waals surface area contributed by atoms with E-state index in [4.69, 9.17) is 0 Å². The van der Waals surface area contributed by atoms with Crippen molar-refractivity contribution in [2.75, 3.05) is 13.1 Å². The molecule has 0 fully saturated rings. The number of fused-ring (bicyclic) bond motifs is 1. The zero-order valence-corrected chi connectivity index (χ0v) is 11.9. The second-order valence-corrected chi connectivity index (χ2v) is 4.94. The minimum absolute atomic E-state index is 0.997. The van der Waals surface area contributed by atoms with Crippen molar-refractivity contribution in [3.05, 3.63) is 53.6 Å². The SMILES string of the molecule is CCCNCC(=Cc1ccc2ccccc2c1)CC. The molecule has 0 aliphatic carbocycles. The Labute approximate surface area is 116 Å². The highest BCUT2D eigenvalue weighted by atomic mass is 14.8. The molecule has 0 aliphatic rings. The molecule has 100 valence electrons. The van der Waals surface area contributed by atoms with Gasteiger partial charge < -0.3 is 5.32 Å². The number of rotatable bonds is 6. The second-order valence-electron chi connectivity index (χ2n) is 4.94. The standard InChI is InChI=1S/C18H23N/c1-3-11-19-14-15(4-2)12-16-9-10-17-7-5-6-8-18(17)13-16/h5-10,12-13,19H,3-4,11,14H2,1-2H3. The van der Waals surface area contributed by atoms with Gasteiger partial charge in [0.1, 0.15) is 0 Å². The Morgan fingerprint density at radius 2 is 1.84 bits per heavy atom. The normalized spacial score (nSPS) is 12.0. The molecule has 0 aliphatic heterocycles. The highest BCUT2D eigenvalue weighted by Gasteiger charge is 1.97. The molecule has 2 aromatic carbocycles. The fourth-order valence-corrected chi connectivity index (χ4v) is 2.24. The lowest BCUT2D eigenvalue weighted by Crippen LogP contribution is -2.17. The summed E-state index contributed by atoms with van der Waals surface area (Å²) in [6.45, 7) is 6.51. The quantitative estimate of drug-likeness (QED) is 0.740. The van der Waals surface area contributed by atoms with Crippen molar-refractivity contribution >= 4 is 16.8 Å². The van der Waals surface area contributed by atoms with Crippen LogP contribution in [0.2, 0.25) is 0 Å². The van der Waals surface area contributed by atoms with Crippen LogP contribution in [0.4, 0.5) is 0 Å². The molecular weight excluding hydrogens is 230 g/mol. The minimum Gasteiger partial charge on any atom is -0.313 e. The third kappa shape index (κ3) is 3.93. The van der Waals surface area contributed by atoms with Crippen molar-refractivity contribution in [1.82, 2.24) is 5.32 Å². The summed E-state index contributed by atoms with van der Waals surface area (Å²) in [5.74, 6) is 0. The predicted molar refractivity (Wildman–Crippen MR) is 85.4 cm³/mol. The van der Waals surface area contributed by atoms with E-state index in [2.05, 4.69) is 67.7 Å². The van der Waals surface area contributed by atoms with Crippen molar-refractivity contribution in [1.29, 1.82) is 0 Å². The highest BCUT2D eigenvalue weighted by molar-refractivity contribution is 5.84. The van der Waals surface area contributed by atoms with Gasteiger partial charge in [-0.2, -0.15) is 0 Å². The van der Waals surface area contributed by atoms with Crippen molar-refractivity contribution < 1.29 is 0 Å². The predicted octanol–water partition coefficient (Wildman–Crippen LogP) is 4.63. The first kappa shape index (κ1) is 13.8. The van der Waals surface area contributed by atoms with E-state index in [1.807, 2.05) is 0 Å². The van der Waals surface area contributed by atoms with Crippen LogP contribution in [0.25, 0.3) is 16.8 Å². The summed E-state index contributed by atoms with van der Waals surface area (Å²) < 4.78 is 0. The van der Waals surface area contributed by atoms with Crippen LogP contribution >= 0.6 is 0 Å². The molecule has 0 atom stereocenters. The minimum atomic E-state index is 0.997. The maximum absolute atomic E-state index is 3.48. The first-order chi connectivity index (χ1) is 9.33. The van der Waals surface area contributed by atoms with E-state index in [9.17, 15) is 0 Å². The summed E-state index contributed by atoms with van der Waals surface area (Å²) in [5, 5.41) is 6.10. The molecule has 2 aromatic rings. The first-order valence-corrected chi connectivity index (χ1v) is 7.22. The Morgan fingerprint density at radius 3 is 2.58 bits per heavy atom. The lowest BCUT2D eigenvalue weighted by molar-refractivity contribution is 0.706. The van der Waals surface area contributed by atoms with Crippen LogP contribution in [0.15, 0.2) is 48.0 Å². The van der Waals surface area contributed by atoms with E-state index < -0.39 is 0 Å². The van der Waals surface area contributed by atoms with Gasteiger partial charge in [0.05, 0.1) is 0 Å². The molecule has 0 unspecified atom stereocenters. The van der Waals surface area contributed by atoms with Gasteiger partial charge in [-0.05, 0) is 41.8 Å². The molecule has 0 saturated heterocycles. The molecule has 0 spiro atoms. The Hall–Kier alpha value is -1.60. The lowest BCUT2D eigenvalue weighted by atomic mass is 10.0. The maximum Gasteiger partial charge on any atom is 0.0167 e. The van der Waals surface area contributed by atoms with Crippen molar-refractivity contribution in [2.24, 2.45) is 0 Å². The summed E-state index contributed by atoms with van der Waals surface area (Å²) in [5.41, 5.74) is 2.76. The molecule has 1 N–H and O–H groups in total. The molecule has 2 rings (SSSR count). The van der Waals surface area contributed by atoms with Crippen molar-refractivity contribution in [3.63, 3.8) is 0 Å². The average Bonchev–Trinajstić information content (AvgIpc) is 2.46. The number of hydrogen-bond acceptors (Lipinski definition) is 1. The second kappa shape index (κ2) is 7.10. The van der Waals surface area contributed by atoms with E-state index in [1.165, 1.54) is 28.3 Å². The Balaban J connectivity index is 2.17. The van der Waals surface area contributed by atoms with E-state index in [0.717, 1.165) is 19.5 Å². The summed E-state index contributed by atoms with van der Waals surface area (Å²) in [6, 6.07) is 15.2. The maximum atomic E-state index is 3.48. The molecule has 0 heterocycles. The van der Waals surface area contributed by atoms with Gasteiger partial charge in [0, 0.05) is 6.54 Å². The molecule has 0 aromatic heterocycles. The van der Waals surface area contributed by atoms with Crippen LogP contribution < -0.4 is 5.32 Å². The smallest absolute Gasteiger partial charge is 0.0167 e. The van der Waals surface area contributed by atoms with Crippen LogP contribution in [-0.4, -0.2) is 13.1 Å². The van der Waals surface area contributed by atoms with E-state index >= 15 is 0 Å². The fraction of sp³-hybridized carbons (Fsp3) is 0.333. The number of hydrogen-bond donors (Lipinski definition) is 1. The highest BCUT2D eigenvalue weighted by Crippen LogP contribution is 2.18. The van der Waals surface area contributed by atoms with Crippen LogP contribution in [0.5, 0.6) is 0 Å². The van der Waals surface area contributed by atoms with Gasteiger partial charge in [-0.3, -0.25) is 0 Å². The summed E-state index contributed by atoms with van der Waals surface area (Å²) in [6.07, 6.45) is 4.60. The number of nitrogens with one attached hydrogen (secondary N) is 1. The molecule has 0 amide bonds. The average molecular weight is 253 g/mol. The third-order valence-electron chi connectivity index (χ3n) is 3.38. The Kier molecular flexibility index (Phi) is 5.17. The van der Waals surface area contributed by atoms with Crippen molar-refractivity contribution in [3.8, 4) is 0 Å². The van der Waals surface area contributed by atoms with Gasteiger partial charge in [0.25, 0.3) is 0 Å². The molecule has 19 heavy (non-hydrogen) atoms. The van der Waals surface area contributed by atoms with Crippen LogP contribution in [0, 0.1) is 0 Å². The Morgan fingerprint density at radius 1 is 1.05 bits per heavy atom. The summed E-state index contributed by atoms with van der Waals surface area (Å²) in [4.78, 5) is 0. The van der Waals surface area contributed by atoms with Gasteiger partial charge in [0.15, 0.2) is 0 Å².